The van der Waals surface area contributed by atoms with Gasteiger partial charge < -0.3 is 20.6 Å². The molecule has 1 rings (SSSR count). The highest BCUT2D eigenvalue weighted by Crippen LogP contribution is 2.22. The molecule has 0 aromatic heterocycles. The lowest BCUT2D eigenvalue weighted by Gasteiger charge is -2.36. The number of carbonyl (C=O) groups excluding carboxylic acids is 2. The van der Waals surface area contributed by atoms with E-state index < -0.39 is 11.9 Å². The number of piperidine rings is 1. The second-order valence-electron chi connectivity index (χ2n) is 5.96. The van der Waals surface area contributed by atoms with E-state index in [0.29, 0.717) is 31.8 Å². The first-order valence-corrected chi connectivity index (χ1v) is 7.35. The van der Waals surface area contributed by atoms with Gasteiger partial charge in [-0.3, -0.25) is 9.59 Å². The summed E-state index contributed by atoms with van der Waals surface area (Å²) in [5.41, 5.74) is 0. The Labute approximate surface area is 125 Å². The summed E-state index contributed by atoms with van der Waals surface area (Å²) in [6.07, 6.45) is 0.898. The van der Waals surface area contributed by atoms with Gasteiger partial charge >= 0.3 is 12.0 Å². The van der Waals surface area contributed by atoms with E-state index in [-0.39, 0.29) is 24.5 Å². The Bertz CT molecular complexity index is 398. The molecule has 0 bridgehead atoms. The van der Waals surface area contributed by atoms with E-state index >= 15 is 0 Å². The van der Waals surface area contributed by atoms with Gasteiger partial charge in [-0.25, -0.2) is 4.79 Å². The molecule has 3 N–H and O–H groups in total. The number of nitrogens with zero attached hydrogens (tertiary/aromatic N) is 1. The number of hydrogen-bond acceptors (Lipinski definition) is 3. The smallest absolute Gasteiger partial charge is 0.318 e. The minimum atomic E-state index is -0.810. The maximum absolute atomic E-state index is 12.0. The number of likely N-dealkylation sites (tertiary alicyclic amines) is 1. The third-order valence-corrected chi connectivity index (χ3v) is 3.59. The molecule has 3 amide bonds. The van der Waals surface area contributed by atoms with Crippen LogP contribution < -0.4 is 10.6 Å². The number of carboxylic acid groups (broad SMARTS) is 1. The van der Waals surface area contributed by atoms with Crippen LogP contribution in [0.5, 0.6) is 0 Å². The fourth-order valence-corrected chi connectivity index (χ4v) is 2.34. The van der Waals surface area contributed by atoms with Crippen LogP contribution in [0.25, 0.3) is 0 Å². The predicted octanol–water partition coefficient (Wildman–Crippen LogP) is 0.653. The highest BCUT2D eigenvalue weighted by atomic mass is 16.4. The molecule has 0 aromatic carbocycles. The van der Waals surface area contributed by atoms with Crippen molar-refractivity contribution >= 4 is 17.9 Å². The molecule has 0 aliphatic carbocycles. The van der Waals surface area contributed by atoms with E-state index in [2.05, 4.69) is 10.6 Å². The Morgan fingerprint density at radius 3 is 2.48 bits per heavy atom. The zero-order valence-electron chi connectivity index (χ0n) is 12.9. The standard InChI is InChI=1S/C14H25N3O4/c1-9(2)7-15-12(18)8-16-14(21)17-5-4-11(13(19)20)6-10(17)3/h9-11H,4-8H2,1-3H3,(H,15,18)(H,16,21)(H,19,20). The Morgan fingerprint density at radius 2 is 1.95 bits per heavy atom. The number of aliphatic carboxylic acids is 1. The predicted molar refractivity (Wildman–Crippen MR) is 77.8 cm³/mol. The van der Waals surface area contributed by atoms with Gasteiger partial charge in [-0.05, 0) is 25.7 Å². The molecule has 1 fully saturated rings. The van der Waals surface area contributed by atoms with Crippen LogP contribution in [0.15, 0.2) is 0 Å². The van der Waals surface area contributed by atoms with Crippen molar-refractivity contribution in [1.29, 1.82) is 0 Å². The van der Waals surface area contributed by atoms with Gasteiger partial charge in [0.15, 0.2) is 0 Å². The molecule has 0 aromatic rings. The van der Waals surface area contributed by atoms with Gasteiger partial charge in [0.2, 0.25) is 5.91 Å². The molecule has 2 unspecified atom stereocenters. The number of carboxylic acids is 1. The monoisotopic (exact) mass is 299 g/mol. The van der Waals surface area contributed by atoms with E-state index in [9.17, 15) is 14.4 Å². The topological polar surface area (TPSA) is 98.7 Å². The molecule has 7 heteroatoms. The summed E-state index contributed by atoms with van der Waals surface area (Å²) in [5.74, 6) is -1.06. The normalized spacial score (nSPS) is 22.0. The van der Waals surface area contributed by atoms with Gasteiger partial charge in [-0.1, -0.05) is 13.8 Å². The summed E-state index contributed by atoms with van der Waals surface area (Å²) in [5, 5.41) is 14.3. The summed E-state index contributed by atoms with van der Waals surface area (Å²) >= 11 is 0. The maximum atomic E-state index is 12.0. The molecule has 2 atom stereocenters. The van der Waals surface area contributed by atoms with E-state index in [1.165, 1.54) is 0 Å². The van der Waals surface area contributed by atoms with Crippen LogP contribution in [-0.4, -0.2) is 53.6 Å². The van der Waals surface area contributed by atoms with Gasteiger partial charge in [0.1, 0.15) is 0 Å². The highest BCUT2D eigenvalue weighted by Gasteiger charge is 2.32. The zero-order chi connectivity index (χ0) is 16.0. The highest BCUT2D eigenvalue weighted by molar-refractivity contribution is 5.84. The molecule has 1 saturated heterocycles. The third-order valence-electron chi connectivity index (χ3n) is 3.59. The summed E-state index contributed by atoms with van der Waals surface area (Å²) in [6.45, 7) is 6.73. The molecule has 120 valence electrons. The van der Waals surface area contributed by atoms with Crippen molar-refractivity contribution in [3.63, 3.8) is 0 Å². The molecular weight excluding hydrogens is 274 g/mol. The average Bonchev–Trinajstić information content (AvgIpc) is 2.42. The van der Waals surface area contributed by atoms with Crippen LogP contribution in [0.3, 0.4) is 0 Å². The largest absolute Gasteiger partial charge is 0.481 e. The van der Waals surface area contributed by atoms with E-state index in [1.54, 1.807) is 4.90 Å². The number of rotatable bonds is 5. The summed E-state index contributed by atoms with van der Waals surface area (Å²) in [6, 6.07) is -0.454. The molecule has 21 heavy (non-hydrogen) atoms. The molecule has 7 nitrogen and oxygen atoms in total. The molecule has 1 heterocycles. The summed E-state index contributed by atoms with van der Waals surface area (Å²) in [4.78, 5) is 36.1. The van der Waals surface area contributed by atoms with Crippen molar-refractivity contribution in [2.24, 2.45) is 11.8 Å². The van der Waals surface area contributed by atoms with E-state index in [4.69, 9.17) is 5.11 Å². The third kappa shape index (κ3) is 5.61. The average molecular weight is 299 g/mol. The maximum Gasteiger partial charge on any atom is 0.318 e. The first kappa shape index (κ1) is 17.3. The van der Waals surface area contributed by atoms with Crippen molar-refractivity contribution < 1.29 is 19.5 Å². The Morgan fingerprint density at radius 1 is 1.29 bits per heavy atom. The molecule has 0 saturated carbocycles. The van der Waals surface area contributed by atoms with E-state index in [0.717, 1.165) is 0 Å². The second-order valence-corrected chi connectivity index (χ2v) is 5.96. The number of amides is 3. The van der Waals surface area contributed by atoms with Crippen molar-refractivity contribution in [1.82, 2.24) is 15.5 Å². The van der Waals surface area contributed by atoms with Crippen molar-refractivity contribution in [3.05, 3.63) is 0 Å². The Kier molecular flexibility index (Phi) is 6.45. The molecule has 1 aliphatic rings. The molecule has 0 spiro atoms. The fourth-order valence-electron chi connectivity index (χ4n) is 2.34. The van der Waals surface area contributed by atoms with Crippen molar-refractivity contribution in [3.8, 4) is 0 Å². The lowest BCUT2D eigenvalue weighted by atomic mass is 9.92. The minimum Gasteiger partial charge on any atom is -0.481 e. The van der Waals surface area contributed by atoms with Crippen LogP contribution in [0.4, 0.5) is 4.79 Å². The number of urea groups is 1. The van der Waals surface area contributed by atoms with Crippen molar-refractivity contribution in [2.45, 2.75) is 39.7 Å². The zero-order valence-corrected chi connectivity index (χ0v) is 12.9. The molecule has 0 radical (unpaired) electrons. The molecule has 1 aliphatic heterocycles. The second kappa shape index (κ2) is 7.85. The van der Waals surface area contributed by atoms with Crippen LogP contribution in [-0.2, 0) is 9.59 Å². The lowest BCUT2D eigenvalue weighted by molar-refractivity contribution is -0.143. The Balaban J connectivity index is 2.36. The van der Waals surface area contributed by atoms with Crippen LogP contribution in [0.1, 0.15) is 33.6 Å². The molecular formula is C14H25N3O4. The van der Waals surface area contributed by atoms with Gasteiger partial charge in [0.05, 0.1) is 12.5 Å². The van der Waals surface area contributed by atoms with E-state index in [1.807, 2.05) is 20.8 Å². The summed E-state index contributed by atoms with van der Waals surface area (Å²) in [7, 11) is 0. The van der Waals surface area contributed by atoms with Gasteiger partial charge in [-0.2, -0.15) is 0 Å². The van der Waals surface area contributed by atoms with Gasteiger partial charge in [0.25, 0.3) is 0 Å². The van der Waals surface area contributed by atoms with Gasteiger partial charge in [-0.15, -0.1) is 0 Å². The fraction of sp³-hybridized carbons (Fsp3) is 0.786. The van der Waals surface area contributed by atoms with Crippen LogP contribution >= 0.6 is 0 Å². The number of carbonyl (C=O) groups is 3. The number of nitrogens with one attached hydrogen (secondary N) is 2. The van der Waals surface area contributed by atoms with Crippen LogP contribution in [0, 0.1) is 11.8 Å². The number of hydrogen-bond donors (Lipinski definition) is 3. The first-order valence-electron chi connectivity index (χ1n) is 7.35. The van der Waals surface area contributed by atoms with Crippen LogP contribution in [0.2, 0.25) is 0 Å². The summed E-state index contributed by atoms with van der Waals surface area (Å²) < 4.78 is 0. The lowest BCUT2D eigenvalue weighted by Crippen LogP contribution is -2.51. The van der Waals surface area contributed by atoms with Crippen molar-refractivity contribution in [2.75, 3.05) is 19.6 Å². The SMILES string of the molecule is CC(C)CNC(=O)CNC(=O)N1CCC(C(=O)O)CC1C. The quantitative estimate of drug-likeness (QED) is 0.694. The first-order chi connectivity index (χ1) is 9.81. The van der Waals surface area contributed by atoms with Gasteiger partial charge in [0, 0.05) is 19.1 Å². The minimum absolute atomic E-state index is 0.0584. The Hall–Kier alpha value is -1.79.